The van der Waals surface area contributed by atoms with Gasteiger partial charge in [0.2, 0.25) is 11.8 Å². The van der Waals surface area contributed by atoms with Crippen molar-refractivity contribution in [3.63, 3.8) is 0 Å². The standard InChI is InChI=1S/C31H37N3O4S/c1-23-17-19-26(20-18-23)21-33(25(3)31(36)32-27-12-8-9-13-27)30(35)22-34(29-16-10-7-11-24(29)2)39(37,38)28-14-5-4-6-15-28/h4-7,10-11,14-20,25,27H,8-9,12-13,21-22H2,1-3H3,(H,32,36)/t25-/m0/s1. The van der Waals surface area contributed by atoms with Gasteiger partial charge in [0.25, 0.3) is 10.0 Å². The van der Waals surface area contributed by atoms with Gasteiger partial charge in [0.05, 0.1) is 10.6 Å². The number of carbonyl (C=O) groups is 2. The Morgan fingerprint density at radius 2 is 1.51 bits per heavy atom. The average molecular weight is 548 g/mol. The van der Waals surface area contributed by atoms with E-state index >= 15 is 0 Å². The lowest BCUT2D eigenvalue weighted by atomic mass is 10.1. The number of hydrogen-bond acceptors (Lipinski definition) is 4. The maximum Gasteiger partial charge on any atom is 0.264 e. The molecule has 0 spiro atoms. The third-order valence-corrected chi connectivity index (χ3v) is 9.11. The SMILES string of the molecule is Cc1ccc(CN(C(=O)CN(c2ccccc2C)S(=O)(=O)c2ccccc2)[C@@H](C)C(=O)NC2CCCC2)cc1. The molecule has 0 heterocycles. The summed E-state index contributed by atoms with van der Waals surface area (Å²) < 4.78 is 28.9. The number of benzene rings is 3. The van der Waals surface area contributed by atoms with Gasteiger partial charge >= 0.3 is 0 Å². The minimum atomic E-state index is -4.06. The zero-order valence-corrected chi connectivity index (χ0v) is 23.7. The van der Waals surface area contributed by atoms with Gasteiger partial charge in [-0.1, -0.05) is 79.1 Å². The van der Waals surface area contributed by atoms with Crippen molar-refractivity contribution in [1.82, 2.24) is 10.2 Å². The quantitative estimate of drug-likeness (QED) is 0.388. The van der Waals surface area contributed by atoms with Crippen molar-refractivity contribution in [3.05, 3.63) is 95.6 Å². The van der Waals surface area contributed by atoms with Crippen LogP contribution < -0.4 is 9.62 Å². The Bertz CT molecular complexity index is 1380. The maximum absolute atomic E-state index is 14.0. The Hall–Kier alpha value is -3.65. The van der Waals surface area contributed by atoms with Crippen LogP contribution >= 0.6 is 0 Å². The minimum absolute atomic E-state index is 0.0955. The molecule has 0 aromatic heterocycles. The largest absolute Gasteiger partial charge is 0.352 e. The van der Waals surface area contributed by atoms with Gasteiger partial charge < -0.3 is 10.2 Å². The number of nitrogens with zero attached hydrogens (tertiary/aromatic N) is 2. The summed E-state index contributed by atoms with van der Waals surface area (Å²) in [6.07, 6.45) is 4.02. The molecule has 1 atom stereocenters. The first-order chi connectivity index (χ1) is 18.7. The third kappa shape index (κ3) is 6.87. The van der Waals surface area contributed by atoms with Crippen molar-refractivity contribution >= 4 is 27.5 Å². The second-order valence-corrected chi connectivity index (χ2v) is 12.1. The van der Waals surface area contributed by atoms with Crippen molar-refractivity contribution in [2.45, 2.75) is 70.0 Å². The molecule has 1 N–H and O–H groups in total. The van der Waals surface area contributed by atoms with E-state index in [-0.39, 0.29) is 23.4 Å². The van der Waals surface area contributed by atoms with Crippen LogP contribution in [0.4, 0.5) is 5.69 Å². The number of carbonyl (C=O) groups excluding carboxylic acids is 2. The van der Waals surface area contributed by atoms with Crippen LogP contribution in [0.15, 0.2) is 83.8 Å². The topological polar surface area (TPSA) is 86.8 Å². The molecular weight excluding hydrogens is 510 g/mol. The van der Waals surface area contributed by atoms with Gasteiger partial charge in [-0.05, 0) is 62.9 Å². The number of para-hydroxylation sites is 1. The highest BCUT2D eigenvalue weighted by Gasteiger charge is 2.33. The molecule has 0 unspecified atom stereocenters. The van der Waals surface area contributed by atoms with Crippen LogP contribution in [0, 0.1) is 13.8 Å². The fraction of sp³-hybridized carbons (Fsp3) is 0.355. The molecule has 0 bridgehead atoms. The van der Waals surface area contributed by atoms with Gasteiger partial charge in [-0.3, -0.25) is 13.9 Å². The number of anilines is 1. The minimum Gasteiger partial charge on any atom is -0.352 e. The summed E-state index contributed by atoms with van der Waals surface area (Å²) >= 11 is 0. The van der Waals surface area contributed by atoms with Crippen LogP contribution in [0.5, 0.6) is 0 Å². The molecule has 206 valence electrons. The van der Waals surface area contributed by atoms with E-state index in [1.54, 1.807) is 37.3 Å². The second kappa shape index (κ2) is 12.5. The molecular formula is C31H37N3O4S. The van der Waals surface area contributed by atoms with E-state index in [9.17, 15) is 18.0 Å². The summed E-state index contributed by atoms with van der Waals surface area (Å²) in [5.74, 6) is -0.678. The summed E-state index contributed by atoms with van der Waals surface area (Å²) in [5.41, 5.74) is 3.10. The first-order valence-electron chi connectivity index (χ1n) is 13.5. The second-order valence-electron chi connectivity index (χ2n) is 10.3. The lowest BCUT2D eigenvalue weighted by Gasteiger charge is -2.33. The summed E-state index contributed by atoms with van der Waals surface area (Å²) in [4.78, 5) is 28.9. The van der Waals surface area contributed by atoms with Crippen molar-refractivity contribution in [1.29, 1.82) is 0 Å². The Labute approximate surface area is 231 Å². The summed E-state index contributed by atoms with van der Waals surface area (Å²) in [6, 6.07) is 22.3. The predicted octanol–water partition coefficient (Wildman–Crippen LogP) is 4.97. The van der Waals surface area contributed by atoms with E-state index in [2.05, 4.69) is 5.32 Å². The van der Waals surface area contributed by atoms with Crippen LogP contribution in [0.1, 0.15) is 49.3 Å². The molecule has 0 aliphatic heterocycles. The molecule has 1 aliphatic carbocycles. The zero-order valence-electron chi connectivity index (χ0n) is 22.8. The lowest BCUT2D eigenvalue weighted by molar-refractivity contribution is -0.139. The summed E-state index contributed by atoms with van der Waals surface area (Å²) in [5, 5.41) is 3.09. The summed E-state index contributed by atoms with van der Waals surface area (Å²) in [6.45, 7) is 5.26. The average Bonchev–Trinajstić information content (AvgIpc) is 3.45. The Morgan fingerprint density at radius 3 is 2.15 bits per heavy atom. The van der Waals surface area contributed by atoms with Crippen molar-refractivity contribution in [2.75, 3.05) is 10.8 Å². The van der Waals surface area contributed by atoms with E-state index in [0.29, 0.717) is 5.69 Å². The van der Waals surface area contributed by atoms with E-state index in [0.717, 1.165) is 46.7 Å². The summed E-state index contributed by atoms with van der Waals surface area (Å²) in [7, 11) is -4.06. The maximum atomic E-state index is 14.0. The Kier molecular flexibility index (Phi) is 9.07. The van der Waals surface area contributed by atoms with E-state index < -0.39 is 28.5 Å². The molecule has 1 fully saturated rings. The fourth-order valence-electron chi connectivity index (χ4n) is 4.94. The van der Waals surface area contributed by atoms with E-state index in [1.165, 1.54) is 17.0 Å². The third-order valence-electron chi connectivity index (χ3n) is 7.34. The highest BCUT2D eigenvalue weighted by Crippen LogP contribution is 2.27. The van der Waals surface area contributed by atoms with E-state index in [4.69, 9.17) is 0 Å². The number of amides is 2. The molecule has 7 nitrogen and oxygen atoms in total. The number of hydrogen-bond donors (Lipinski definition) is 1. The molecule has 0 saturated heterocycles. The Morgan fingerprint density at radius 1 is 0.897 bits per heavy atom. The lowest BCUT2D eigenvalue weighted by Crippen LogP contribution is -2.52. The van der Waals surface area contributed by atoms with Gasteiger partial charge in [-0.25, -0.2) is 8.42 Å². The number of nitrogens with one attached hydrogen (secondary N) is 1. The number of aryl methyl sites for hydroxylation is 2. The van der Waals surface area contributed by atoms with E-state index in [1.807, 2.05) is 50.2 Å². The van der Waals surface area contributed by atoms with Gasteiger partial charge in [-0.2, -0.15) is 0 Å². The monoisotopic (exact) mass is 547 g/mol. The molecule has 1 saturated carbocycles. The molecule has 0 radical (unpaired) electrons. The van der Waals surface area contributed by atoms with Gasteiger partial charge in [0, 0.05) is 12.6 Å². The van der Waals surface area contributed by atoms with Crippen LogP contribution in [0.3, 0.4) is 0 Å². The van der Waals surface area contributed by atoms with Gasteiger partial charge in [-0.15, -0.1) is 0 Å². The predicted molar refractivity (Wildman–Crippen MR) is 154 cm³/mol. The smallest absolute Gasteiger partial charge is 0.264 e. The number of rotatable bonds is 10. The number of sulfonamides is 1. The normalized spacial score (nSPS) is 14.5. The molecule has 2 amide bonds. The molecule has 8 heteroatoms. The van der Waals surface area contributed by atoms with Crippen molar-refractivity contribution in [3.8, 4) is 0 Å². The molecule has 3 aromatic rings. The molecule has 3 aromatic carbocycles. The molecule has 4 rings (SSSR count). The van der Waals surface area contributed by atoms with Crippen LogP contribution in [0.25, 0.3) is 0 Å². The van der Waals surface area contributed by atoms with Crippen LogP contribution in [-0.2, 0) is 26.2 Å². The van der Waals surface area contributed by atoms with Crippen molar-refractivity contribution < 1.29 is 18.0 Å². The van der Waals surface area contributed by atoms with Crippen molar-refractivity contribution in [2.24, 2.45) is 0 Å². The Balaban J connectivity index is 1.68. The fourth-order valence-corrected chi connectivity index (χ4v) is 6.44. The molecule has 1 aliphatic rings. The van der Waals surface area contributed by atoms with Gasteiger partial charge in [0.15, 0.2) is 0 Å². The van der Waals surface area contributed by atoms with Crippen LogP contribution in [-0.4, -0.2) is 43.8 Å². The molecule has 39 heavy (non-hydrogen) atoms. The van der Waals surface area contributed by atoms with Gasteiger partial charge in [0.1, 0.15) is 12.6 Å². The highest BCUT2D eigenvalue weighted by atomic mass is 32.2. The first-order valence-corrected chi connectivity index (χ1v) is 14.9. The first kappa shape index (κ1) is 28.4. The highest BCUT2D eigenvalue weighted by molar-refractivity contribution is 7.92. The van der Waals surface area contributed by atoms with Crippen LogP contribution in [0.2, 0.25) is 0 Å². The zero-order chi connectivity index (χ0) is 28.0.